The van der Waals surface area contributed by atoms with E-state index in [1.807, 2.05) is 24.3 Å². The molecule has 0 spiro atoms. The molecule has 0 radical (unpaired) electrons. The maximum atomic E-state index is 6.87. The van der Waals surface area contributed by atoms with Crippen LogP contribution < -0.4 is 9.47 Å². The van der Waals surface area contributed by atoms with E-state index >= 15 is 0 Å². The summed E-state index contributed by atoms with van der Waals surface area (Å²) in [4.78, 5) is 10.3. The zero-order valence-corrected chi connectivity index (χ0v) is 35.0. The Bertz CT molecular complexity index is 3390. The van der Waals surface area contributed by atoms with Gasteiger partial charge in [-0.25, -0.2) is 0 Å². The molecule has 11 rings (SSSR count). The van der Waals surface area contributed by atoms with Crippen LogP contribution >= 0.6 is 0 Å². The van der Waals surface area contributed by atoms with Crippen molar-refractivity contribution >= 4 is 72.5 Å². The van der Waals surface area contributed by atoms with Gasteiger partial charge in [0.1, 0.15) is 12.2 Å². The van der Waals surface area contributed by atoms with Gasteiger partial charge in [-0.3, -0.25) is 9.98 Å². The second-order valence-electron chi connectivity index (χ2n) is 16.2. The van der Waals surface area contributed by atoms with Gasteiger partial charge in [0.2, 0.25) is 0 Å². The van der Waals surface area contributed by atoms with E-state index in [1.165, 1.54) is 21.9 Å². The minimum absolute atomic E-state index is 0.314. The minimum atomic E-state index is 0.314. The first-order chi connectivity index (χ1) is 30.6. The zero-order valence-electron chi connectivity index (χ0n) is 35.0. The minimum Gasteiger partial charge on any atom is -0.449 e. The van der Waals surface area contributed by atoms with Crippen LogP contribution in [0.3, 0.4) is 0 Å². The van der Waals surface area contributed by atoms with Crippen molar-refractivity contribution in [3.8, 4) is 28.7 Å². The summed E-state index contributed by atoms with van der Waals surface area (Å²) < 4.78 is 18.2. The van der Waals surface area contributed by atoms with E-state index in [2.05, 4.69) is 174 Å². The van der Waals surface area contributed by atoms with Gasteiger partial charge in [-0.2, -0.15) is 0 Å². The number of rotatable bonds is 10. The molecular formula is C56H46N4O2. The van der Waals surface area contributed by atoms with Crippen molar-refractivity contribution in [2.45, 2.75) is 52.1 Å². The lowest BCUT2D eigenvalue weighted by Crippen LogP contribution is -2.10. The van der Waals surface area contributed by atoms with Crippen molar-refractivity contribution in [1.29, 1.82) is 0 Å². The number of nitrogens with zero attached hydrogens (tertiary/aromatic N) is 4. The predicted molar refractivity (Wildman–Crippen MR) is 259 cm³/mol. The Hall–Kier alpha value is -7.44. The maximum Gasteiger partial charge on any atom is 0.194 e. The molecule has 1 aliphatic heterocycles. The predicted octanol–water partition coefficient (Wildman–Crippen LogP) is 15.5. The van der Waals surface area contributed by atoms with Gasteiger partial charge in [-0.05, 0) is 104 Å². The highest BCUT2D eigenvalue weighted by molar-refractivity contribution is 6.26. The molecule has 0 amide bonds. The third kappa shape index (κ3) is 6.08. The van der Waals surface area contributed by atoms with Crippen molar-refractivity contribution in [2.75, 3.05) is 0 Å². The first kappa shape index (κ1) is 37.6. The fourth-order valence-corrected chi connectivity index (χ4v) is 9.85. The van der Waals surface area contributed by atoms with Crippen LogP contribution in [0, 0.1) is 0 Å². The number of para-hydroxylation sites is 3. The normalized spacial score (nSPS) is 14.4. The molecule has 2 aromatic heterocycles. The van der Waals surface area contributed by atoms with Crippen LogP contribution in [0.1, 0.15) is 56.6 Å². The molecule has 2 aliphatic rings. The number of benzene rings is 7. The highest BCUT2D eigenvalue weighted by Crippen LogP contribution is 2.52. The molecule has 9 aromatic rings. The van der Waals surface area contributed by atoms with Gasteiger partial charge < -0.3 is 18.6 Å². The van der Waals surface area contributed by atoms with Crippen molar-refractivity contribution in [1.82, 2.24) is 9.13 Å². The summed E-state index contributed by atoms with van der Waals surface area (Å²) in [5.74, 6) is 3.12. The monoisotopic (exact) mass is 806 g/mol. The molecule has 302 valence electrons. The summed E-state index contributed by atoms with van der Waals surface area (Å²) in [6.07, 6.45) is 15.1. The largest absolute Gasteiger partial charge is 0.449 e. The summed E-state index contributed by atoms with van der Waals surface area (Å²) in [7, 11) is 0. The van der Waals surface area contributed by atoms with Gasteiger partial charge >= 0.3 is 0 Å². The lowest BCUT2D eigenvalue weighted by Gasteiger charge is -2.22. The summed E-state index contributed by atoms with van der Waals surface area (Å²) >= 11 is 0. The van der Waals surface area contributed by atoms with Crippen LogP contribution in [0.25, 0.3) is 60.1 Å². The van der Waals surface area contributed by atoms with E-state index in [0.29, 0.717) is 35.6 Å². The molecule has 0 fully saturated rings. The Labute approximate surface area is 361 Å². The molecular weight excluding hydrogens is 761 g/mol. The number of aliphatic imine (C=N–C) groups is 2. The molecule has 0 N–H and O–H groups in total. The average Bonchev–Trinajstić information content (AvgIpc) is 3.84. The molecule has 0 bridgehead atoms. The van der Waals surface area contributed by atoms with Gasteiger partial charge in [0.25, 0.3) is 0 Å². The topological polar surface area (TPSA) is 53.0 Å². The molecule has 7 aromatic carbocycles. The van der Waals surface area contributed by atoms with Crippen LogP contribution in [-0.2, 0) is 6.67 Å². The van der Waals surface area contributed by atoms with Crippen LogP contribution in [0.5, 0.6) is 23.0 Å². The third-order valence-electron chi connectivity index (χ3n) is 12.6. The molecule has 6 heteroatoms. The second-order valence-corrected chi connectivity index (χ2v) is 16.2. The summed E-state index contributed by atoms with van der Waals surface area (Å²) in [5, 5.41) is 6.77. The van der Waals surface area contributed by atoms with E-state index in [0.717, 1.165) is 91.9 Å². The van der Waals surface area contributed by atoms with E-state index in [1.54, 1.807) is 0 Å². The smallest absolute Gasteiger partial charge is 0.194 e. The molecule has 1 aliphatic carbocycles. The molecule has 1 unspecified atom stereocenters. The number of aromatic nitrogens is 2. The van der Waals surface area contributed by atoms with Crippen LogP contribution in [-0.4, -0.2) is 21.6 Å². The number of ether oxygens (including phenoxy) is 2. The molecule has 1 atom stereocenters. The van der Waals surface area contributed by atoms with E-state index < -0.39 is 0 Å². The first-order valence-corrected chi connectivity index (χ1v) is 21.7. The number of allylic oxidation sites excluding steroid dienone is 6. The Kier molecular flexibility index (Phi) is 9.42. The van der Waals surface area contributed by atoms with Gasteiger partial charge in [0.05, 0.1) is 27.9 Å². The lowest BCUT2D eigenvalue weighted by atomic mass is 9.92. The second kappa shape index (κ2) is 15.5. The highest BCUT2D eigenvalue weighted by atomic mass is 16.6. The van der Waals surface area contributed by atoms with Crippen molar-refractivity contribution in [2.24, 2.45) is 9.98 Å². The quantitative estimate of drug-likeness (QED) is 0.102. The summed E-state index contributed by atoms with van der Waals surface area (Å²) in [6, 6.07) is 47.2. The fraction of sp³-hybridized carbons (Fsp3) is 0.143. The number of fused-ring (bicyclic) bond motifs is 11. The Balaban J connectivity index is 1.20. The Morgan fingerprint density at radius 2 is 1.56 bits per heavy atom. The van der Waals surface area contributed by atoms with Crippen molar-refractivity contribution in [3.63, 3.8) is 0 Å². The molecule has 62 heavy (non-hydrogen) atoms. The van der Waals surface area contributed by atoms with Gasteiger partial charge in [0.15, 0.2) is 23.0 Å². The fourth-order valence-electron chi connectivity index (χ4n) is 9.85. The Morgan fingerprint density at radius 1 is 0.758 bits per heavy atom. The average molecular weight is 807 g/mol. The molecule has 0 saturated heterocycles. The first-order valence-electron chi connectivity index (χ1n) is 21.7. The standard InChI is InChI=1S/C56H46N4O2/c1-4-16-36(17-5-2)39-21-15-22-40(34-39)60-47-32-30-43-42-24-11-12-25-46(42)59(54(43)51(47)44-31-33-50-56(55(44)60)62-49-27-14-13-26-48(49)61-50)35-58-52(38-19-7-6-8-20-38)45-29-28-37-18-9-10-23-41(37)53(45)57-3/h4,6-7,9-16,18-19,21-34,36H,3,5,8,17,20,35H2,1-2H3/b16-4-,58-52-. The van der Waals surface area contributed by atoms with E-state index in [9.17, 15) is 0 Å². The Morgan fingerprint density at radius 3 is 2.39 bits per heavy atom. The summed E-state index contributed by atoms with van der Waals surface area (Å²) in [5.41, 5.74) is 10.6. The third-order valence-corrected chi connectivity index (χ3v) is 12.6. The van der Waals surface area contributed by atoms with Gasteiger partial charge in [-0.1, -0.05) is 123 Å². The molecule has 3 heterocycles. The van der Waals surface area contributed by atoms with Crippen LogP contribution in [0.15, 0.2) is 179 Å². The van der Waals surface area contributed by atoms with Crippen molar-refractivity contribution in [3.05, 3.63) is 181 Å². The number of hydrogen-bond acceptors (Lipinski definition) is 4. The van der Waals surface area contributed by atoms with Gasteiger partial charge in [0, 0.05) is 44.1 Å². The van der Waals surface area contributed by atoms with Crippen molar-refractivity contribution < 1.29 is 9.47 Å². The molecule has 6 nitrogen and oxygen atoms in total. The van der Waals surface area contributed by atoms with Gasteiger partial charge in [-0.15, -0.1) is 0 Å². The molecule has 0 saturated carbocycles. The maximum absolute atomic E-state index is 6.87. The van der Waals surface area contributed by atoms with Crippen LogP contribution in [0.4, 0.5) is 5.69 Å². The SMILES string of the molecule is C=Nc1c(/C(=N\Cn2c3ccccc3c3ccc4c(c5ccc6c(c5n4-c4cccc(C(/C=C\C)CCC)c4)Oc4ccccc4O6)c32)C2=CC=CCC2)ccc2ccccc12. The van der Waals surface area contributed by atoms with E-state index in [4.69, 9.17) is 14.5 Å². The number of hydrogen-bond donors (Lipinski definition) is 0. The zero-order chi connectivity index (χ0) is 41.7. The van der Waals surface area contributed by atoms with Crippen LogP contribution in [0.2, 0.25) is 0 Å². The lowest BCUT2D eigenvalue weighted by molar-refractivity contribution is 0.362. The summed E-state index contributed by atoms with van der Waals surface area (Å²) in [6.45, 7) is 8.82. The highest BCUT2D eigenvalue weighted by Gasteiger charge is 2.28. The van der Waals surface area contributed by atoms with E-state index in [-0.39, 0.29) is 0 Å².